The maximum absolute atomic E-state index is 14.7. The molecular weight excluding hydrogens is 530 g/mol. The molecule has 1 N–H and O–H groups in total. The highest BCUT2D eigenvalue weighted by Gasteiger charge is 2.79. The third-order valence-electron chi connectivity index (χ3n) is 9.29. The Morgan fingerprint density at radius 3 is 2.21 bits per heavy atom. The fourth-order valence-corrected chi connectivity index (χ4v) is 7.46. The second kappa shape index (κ2) is 11.5. The van der Waals surface area contributed by atoms with Crippen molar-refractivity contribution in [1.82, 2.24) is 9.80 Å². The molecule has 3 aliphatic heterocycles. The number of para-hydroxylation sites is 1. The van der Waals surface area contributed by atoms with Crippen LogP contribution in [0, 0.1) is 11.8 Å². The molecule has 8 nitrogen and oxygen atoms in total. The maximum atomic E-state index is 14.7. The lowest BCUT2D eigenvalue weighted by Crippen LogP contribution is -2.58. The first-order valence-electron chi connectivity index (χ1n) is 14.7. The molecule has 8 heteroatoms. The van der Waals surface area contributed by atoms with Gasteiger partial charge >= 0.3 is 0 Å². The minimum atomic E-state index is -1.21. The Bertz CT molecular complexity index is 1350. The summed E-state index contributed by atoms with van der Waals surface area (Å²) >= 11 is 0. The summed E-state index contributed by atoms with van der Waals surface area (Å²) in [6.07, 6.45) is 4.32. The highest BCUT2D eigenvalue weighted by atomic mass is 16.5. The smallest absolute Gasteiger partial charge is 0.248 e. The molecule has 1 spiro atoms. The highest BCUT2D eigenvalue weighted by molar-refractivity contribution is 6.03. The molecule has 0 aliphatic carbocycles. The van der Waals surface area contributed by atoms with Crippen LogP contribution in [0.15, 0.2) is 86.0 Å². The lowest BCUT2D eigenvalue weighted by molar-refractivity contribution is -0.155. The van der Waals surface area contributed by atoms with Crippen molar-refractivity contribution in [2.75, 3.05) is 24.6 Å². The summed E-state index contributed by atoms with van der Waals surface area (Å²) in [5.74, 6) is -2.54. The number of carbonyl (C=O) groups is 3. The van der Waals surface area contributed by atoms with E-state index in [1.165, 1.54) is 4.90 Å². The second-order valence-corrected chi connectivity index (χ2v) is 12.0. The molecule has 6 atom stereocenters. The number of carbonyl (C=O) groups excluding carboxylic acids is 3. The largest absolute Gasteiger partial charge is 0.394 e. The number of benzene rings is 2. The van der Waals surface area contributed by atoms with E-state index in [9.17, 15) is 19.5 Å². The van der Waals surface area contributed by atoms with Gasteiger partial charge in [0.05, 0.1) is 30.1 Å². The zero-order valence-corrected chi connectivity index (χ0v) is 24.7. The number of likely N-dealkylation sites (tertiary alicyclic amines) is 1. The normalized spacial score (nSPS) is 28.5. The first-order valence-corrected chi connectivity index (χ1v) is 14.7. The molecule has 3 saturated heterocycles. The number of rotatable bonds is 11. The fraction of sp³-hybridized carbons (Fsp3) is 0.441. The van der Waals surface area contributed by atoms with Crippen LogP contribution in [0.2, 0.25) is 0 Å². The number of hydrogen-bond donors (Lipinski definition) is 1. The highest BCUT2D eigenvalue weighted by Crippen LogP contribution is 2.64. The quantitative estimate of drug-likeness (QED) is 0.410. The van der Waals surface area contributed by atoms with Crippen LogP contribution in [0.5, 0.6) is 0 Å². The van der Waals surface area contributed by atoms with Crippen LogP contribution in [0.3, 0.4) is 0 Å². The monoisotopic (exact) mass is 571 g/mol. The standard InChI is InChI=1S/C34H41N3O5/c1-6-20-35(23(3)4)32(41)29-34-19-18-33(5,42-34)27(30(39)36(21-7-2)25-16-12-9-13-17-25)28(34)31(40)37(29)26(22-38)24-14-10-8-11-15-24/h6-17,23,26-29,38H,1-2,18-22H2,3-5H3/t26-,27-,28+,29?,33+,34?/m1/s1. The number of hydrogen-bond acceptors (Lipinski definition) is 5. The maximum Gasteiger partial charge on any atom is 0.248 e. The third kappa shape index (κ3) is 4.57. The predicted octanol–water partition coefficient (Wildman–Crippen LogP) is 4.13. The van der Waals surface area contributed by atoms with Gasteiger partial charge in [0, 0.05) is 24.8 Å². The van der Waals surface area contributed by atoms with Crippen molar-refractivity contribution < 1.29 is 24.2 Å². The van der Waals surface area contributed by atoms with Crippen LogP contribution in [0.25, 0.3) is 0 Å². The number of amides is 3. The van der Waals surface area contributed by atoms with Gasteiger partial charge in [0.25, 0.3) is 0 Å². The van der Waals surface area contributed by atoms with Gasteiger partial charge in [-0.2, -0.15) is 0 Å². The van der Waals surface area contributed by atoms with Gasteiger partial charge in [-0.15, -0.1) is 13.2 Å². The van der Waals surface area contributed by atoms with Crippen LogP contribution < -0.4 is 4.90 Å². The van der Waals surface area contributed by atoms with Crippen molar-refractivity contribution in [2.45, 2.75) is 62.9 Å². The van der Waals surface area contributed by atoms with Gasteiger partial charge in [-0.25, -0.2) is 0 Å². The van der Waals surface area contributed by atoms with Gasteiger partial charge in [0.15, 0.2) is 0 Å². The topological polar surface area (TPSA) is 90.4 Å². The number of aliphatic hydroxyl groups excluding tert-OH is 1. The van der Waals surface area contributed by atoms with Crippen molar-refractivity contribution in [3.05, 3.63) is 91.5 Å². The van der Waals surface area contributed by atoms with E-state index >= 15 is 0 Å². The summed E-state index contributed by atoms with van der Waals surface area (Å²) in [6, 6.07) is 16.6. The SMILES string of the molecule is C=CCN(C(=O)[C@H]1[C@H]2C(=O)N([C@H](CO)c3ccccc3)C(C(=O)N(CC=C)C(C)C)C23CC[C@]1(C)O3)c1ccccc1. The average Bonchev–Trinajstić information content (AvgIpc) is 3.56. The number of aliphatic hydroxyl groups is 1. The lowest BCUT2D eigenvalue weighted by Gasteiger charge is -2.40. The molecule has 42 heavy (non-hydrogen) atoms. The van der Waals surface area contributed by atoms with Crippen LogP contribution >= 0.6 is 0 Å². The summed E-state index contributed by atoms with van der Waals surface area (Å²) in [6.45, 7) is 13.6. The van der Waals surface area contributed by atoms with Gasteiger partial charge in [0.1, 0.15) is 11.6 Å². The Morgan fingerprint density at radius 2 is 1.64 bits per heavy atom. The van der Waals surface area contributed by atoms with E-state index < -0.39 is 35.1 Å². The van der Waals surface area contributed by atoms with Crippen molar-refractivity contribution >= 4 is 23.4 Å². The molecule has 3 heterocycles. The molecule has 5 rings (SSSR count). The minimum Gasteiger partial charge on any atom is -0.394 e. The van der Waals surface area contributed by atoms with Crippen molar-refractivity contribution in [2.24, 2.45) is 11.8 Å². The molecule has 2 aromatic carbocycles. The summed E-state index contributed by atoms with van der Waals surface area (Å²) < 4.78 is 6.85. The number of fused-ring (bicyclic) bond motifs is 1. The summed E-state index contributed by atoms with van der Waals surface area (Å²) in [5.41, 5.74) is -0.731. The van der Waals surface area contributed by atoms with Gasteiger partial charge < -0.3 is 24.5 Å². The van der Waals surface area contributed by atoms with Crippen LogP contribution in [0.4, 0.5) is 5.69 Å². The molecule has 3 fully saturated rings. The zero-order chi connectivity index (χ0) is 30.2. The molecular formula is C34H41N3O5. The van der Waals surface area contributed by atoms with Crippen LogP contribution in [0.1, 0.15) is 45.2 Å². The van der Waals surface area contributed by atoms with Gasteiger partial charge in [0.2, 0.25) is 17.7 Å². The van der Waals surface area contributed by atoms with E-state index in [1.807, 2.05) is 81.4 Å². The van der Waals surface area contributed by atoms with Crippen molar-refractivity contribution in [1.29, 1.82) is 0 Å². The molecule has 222 valence electrons. The van der Waals surface area contributed by atoms with Gasteiger partial charge in [-0.3, -0.25) is 14.4 Å². The van der Waals surface area contributed by atoms with E-state index in [2.05, 4.69) is 13.2 Å². The molecule has 2 aromatic rings. The molecule has 3 amide bonds. The number of ether oxygens (including phenoxy) is 1. The Balaban J connectivity index is 1.65. The number of anilines is 1. The first kappa shape index (κ1) is 29.7. The van der Waals surface area contributed by atoms with Crippen LogP contribution in [-0.4, -0.2) is 75.6 Å². The molecule has 0 radical (unpaired) electrons. The Kier molecular flexibility index (Phi) is 8.14. The summed E-state index contributed by atoms with van der Waals surface area (Å²) in [7, 11) is 0. The van der Waals surface area contributed by atoms with E-state index in [0.29, 0.717) is 30.6 Å². The Hall–Kier alpha value is -3.75. The first-order chi connectivity index (χ1) is 20.1. The molecule has 2 bridgehead atoms. The second-order valence-electron chi connectivity index (χ2n) is 12.0. The van der Waals surface area contributed by atoms with Crippen molar-refractivity contribution in [3.8, 4) is 0 Å². The van der Waals surface area contributed by atoms with Gasteiger partial charge in [-0.1, -0.05) is 60.7 Å². The van der Waals surface area contributed by atoms with Gasteiger partial charge in [-0.05, 0) is 51.3 Å². The van der Waals surface area contributed by atoms with E-state index in [-0.39, 0.29) is 36.9 Å². The van der Waals surface area contributed by atoms with E-state index in [4.69, 9.17) is 4.74 Å². The Morgan fingerprint density at radius 1 is 1.02 bits per heavy atom. The third-order valence-corrected chi connectivity index (χ3v) is 9.29. The molecule has 2 unspecified atom stereocenters. The average molecular weight is 572 g/mol. The number of nitrogens with zero attached hydrogens (tertiary/aromatic N) is 3. The summed E-state index contributed by atoms with van der Waals surface area (Å²) in [4.78, 5) is 48.7. The summed E-state index contributed by atoms with van der Waals surface area (Å²) in [5, 5.41) is 10.7. The van der Waals surface area contributed by atoms with E-state index in [0.717, 1.165) is 0 Å². The fourth-order valence-electron chi connectivity index (χ4n) is 7.46. The van der Waals surface area contributed by atoms with E-state index in [1.54, 1.807) is 22.0 Å². The van der Waals surface area contributed by atoms with Crippen LogP contribution in [-0.2, 0) is 19.1 Å². The molecule has 3 aliphatic rings. The Labute approximate surface area is 248 Å². The minimum absolute atomic E-state index is 0.167. The zero-order valence-electron chi connectivity index (χ0n) is 24.7. The van der Waals surface area contributed by atoms with Crippen molar-refractivity contribution in [3.63, 3.8) is 0 Å². The molecule has 0 saturated carbocycles. The predicted molar refractivity (Wildman–Crippen MR) is 161 cm³/mol. The lowest BCUT2D eigenvalue weighted by atomic mass is 9.66. The molecule has 0 aromatic heterocycles.